The fourth-order valence-corrected chi connectivity index (χ4v) is 5.87. The Morgan fingerprint density at radius 2 is 2.00 bits per heavy atom. The van der Waals surface area contributed by atoms with E-state index in [0.717, 1.165) is 6.20 Å². The fourth-order valence-electron chi connectivity index (χ4n) is 5.69. The minimum atomic E-state index is -1.14. The summed E-state index contributed by atoms with van der Waals surface area (Å²) in [7, 11) is 1.44. The Hall–Kier alpha value is -4.09. The Labute approximate surface area is 247 Å². The number of ether oxygens (including phenoxy) is 1. The Morgan fingerprint density at radius 1 is 1.26 bits per heavy atom. The number of nitrogens with zero attached hydrogens (tertiary/aromatic N) is 1. The zero-order valence-corrected chi connectivity index (χ0v) is 24.3. The second-order valence-corrected chi connectivity index (χ2v) is 11.7. The monoisotopic (exact) mass is 599 g/mol. The summed E-state index contributed by atoms with van der Waals surface area (Å²) >= 11 is 6.03. The molecule has 1 fully saturated rings. The number of rotatable bonds is 6. The molecule has 0 saturated carbocycles. The molecule has 1 saturated heterocycles. The van der Waals surface area contributed by atoms with Crippen molar-refractivity contribution in [3.05, 3.63) is 82.1 Å². The third-order valence-electron chi connectivity index (χ3n) is 7.41. The third kappa shape index (κ3) is 5.79. The van der Waals surface area contributed by atoms with Gasteiger partial charge in [0.2, 0.25) is 18.2 Å². The van der Waals surface area contributed by atoms with E-state index < -0.39 is 28.9 Å². The smallest absolute Gasteiger partial charge is 0.248 e. The second-order valence-electron chi connectivity index (χ2n) is 11.3. The number of benzene rings is 2. The summed E-state index contributed by atoms with van der Waals surface area (Å²) in [6, 6.07) is 10.3. The molecule has 3 amide bonds. The Kier molecular flexibility index (Phi) is 8.84. The number of fused-ring (bicyclic) bond motifs is 2. The molecular formula is C30H32ClF2N5O4. The van der Waals surface area contributed by atoms with E-state index in [1.807, 2.05) is 0 Å². The zero-order chi connectivity index (χ0) is 30.8. The minimum Gasteiger partial charge on any atom is -0.495 e. The van der Waals surface area contributed by atoms with Crippen LogP contribution >= 0.6 is 11.6 Å². The maximum Gasteiger partial charge on any atom is 0.248 e. The number of hydrogen-bond donors (Lipinski definition) is 4. The van der Waals surface area contributed by atoms with Crippen molar-refractivity contribution < 1.29 is 27.9 Å². The van der Waals surface area contributed by atoms with Crippen molar-refractivity contribution in [3.8, 4) is 5.75 Å². The molecule has 222 valence electrons. The number of anilines is 2. The number of primary amides is 1. The third-order valence-corrected chi connectivity index (χ3v) is 7.70. The lowest BCUT2D eigenvalue weighted by atomic mass is 9.65. The lowest BCUT2D eigenvalue weighted by Gasteiger charge is -2.36. The van der Waals surface area contributed by atoms with Gasteiger partial charge in [-0.3, -0.25) is 19.4 Å². The van der Waals surface area contributed by atoms with Crippen molar-refractivity contribution >= 4 is 41.2 Å². The molecule has 42 heavy (non-hydrogen) atoms. The predicted molar refractivity (Wildman–Crippen MR) is 156 cm³/mol. The molecule has 0 radical (unpaired) electrons. The Morgan fingerprint density at radius 3 is 2.64 bits per heavy atom. The highest BCUT2D eigenvalue weighted by atomic mass is 35.5. The van der Waals surface area contributed by atoms with Crippen LogP contribution in [0, 0.1) is 17.0 Å². The maximum absolute atomic E-state index is 15.0. The molecule has 9 nitrogen and oxygen atoms in total. The van der Waals surface area contributed by atoms with E-state index in [2.05, 4.69) is 41.7 Å². The molecule has 2 aliphatic heterocycles. The van der Waals surface area contributed by atoms with Gasteiger partial charge in [0.15, 0.2) is 0 Å². The Bertz CT molecular complexity index is 1530. The minimum absolute atomic E-state index is 0.0117. The molecule has 1 aromatic heterocycles. The topological polar surface area (TPSA) is 135 Å². The van der Waals surface area contributed by atoms with Crippen molar-refractivity contribution in [1.82, 2.24) is 10.3 Å². The summed E-state index contributed by atoms with van der Waals surface area (Å²) in [4.78, 5) is 38.7. The van der Waals surface area contributed by atoms with Gasteiger partial charge in [0.1, 0.15) is 22.8 Å². The highest BCUT2D eigenvalue weighted by Crippen LogP contribution is 2.54. The molecule has 2 aromatic carbocycles. The van der Waals surface area contributed by atoms with E-state index in [1.165, 1.54) is 31.4 Å². The SMILES string of the molecule is CC(C)(C)CC1NCC(c2cccc(Cl)c2F)[C@]12C(=O)Nc1cc(F)cnc12.COc1cc(C(N)=O)ccc1NC=O. The van der Waals surface area contributed by atoms with Crippen LogP contribution in [0.1, 0.15) is 54.7 Å². The first kappa shape index (κ1) is 30.9. The molecule has 1 spiro atoms. The first-order valence-corrected chi connectivity index (χ1v) is 13.5. The van der Waals surface area contributed by atoms with Gasteiger partial charge in [0.05, 0.1) is 35.4 Å². The number of amides is 3. The normalized spacial score (nSPS) is 20.8. The number of hydrogen-bond acceptors (Lipinski definition) is 6. The molecule has 3 atom stereocenters. The lowest BCUT2D eigenvalue weighted by Crippen LogP contribution is -2.50. The highest BCUT2D eigenvalue weighted by Gasteiger charge is 2.62. The van der Waals surface area contributed by atoms with Gasteiger partial charge >= 0.3 is 0 Å². The predicted octanol–water partition coefficient (Wildman–Crippen LogP) is 4.76. The highest BCUT2D eigenvalue weighted by molar-refractivity contribution is 6.30. The van der Waals surface area contributed by atoms with Crippen LogP contribution in [0.2, 0.25) is 5.02 Å². The van der Waals surface area contributed by atoms with Crippen molar-refractivity contribution in [2.24, 2.45) is 11.1 Å². The van der Waals surface area contributed by atoms with Gasteiger partial charge in [-0.1, -0.05) is 44.5 Å². The summed E-state index contributed by atoms with van der Waals surface area (Å²) in [5.74, 6) is -2.01. The number of carbonyl (C=O) groups excluding carboxylic acids is 3. The molecular weight excluding hydrogens is 568 g/mol. The quantitative estimate of drug-likeness (QED) is 0.302. The van der Waals surface area contributed by atoms with Crippen molar-refractivity contribution in [1.29, 1.82) is 0 Å². The van der Waals surface area contributed by atoms with Crippen LogP contribution in [-0.4, -0.2) is 42.9 Å². The standard InChI is InChI=1S/C21H22ClF2N3O.C9H10N2O3/c1-20(2,3)8-16-21(18-15(27-19(21)28)7-11(23)9-26-18)13(10-25-16)12-5-4-6-14(22)17(12)24;1-14-8-4-6(9(10)13)2-3-7(8)11-5-12/h4-7,9,13,16,25H,8,10H2,1-3H3,(H,27,28);2-5H,1H3,(H2,10,13)(H,11,12)/t13?,16?,21-;/m0./s1. The molecule has 12 heteroatoms. The average Bonchev–Trinajstić information content (AvgIpc) is 3.42. The van der Waals surface area contributed by atoms with Crippen LogP contribution in [0.3, 0.4) is 0 Å². The first-order valence-electron chi connectivity index (χ1n) is 13.2. The summed E-state index contributed by atoms with van der Waals surface area (Å²) in [6.07, 6.45) is 2.30. The second kappa shape index (κ2) is 12.0. The van der Waals surface area contributed by atoms with Crippen LogP contribution in [-0.2, 0) is 15.0 Å². The number of nitrogens with one attached hydrogen (secondary N) is 3. The van der Waals surface area contributed by atoms with Crippen LogP contribution in [0.4, 0.5) is 20.2 Å². The number of pyridine rings is 1. The molecule has 3 aromatic rings. The van der Waals surface area contributed by atoms with Gasteiger partial charge in [-0.05, 0) is 41.7 Å². The number of methoxy groups -OCH3 is 1. The molecule has 5 rings (SSSR count). The van der Waals surface area contributed by atoms with Crippen molar-refractivity contribution in [2.75, 3.05) is 24.3 Å². The van der Waals surface area contributed by atoms with E-state index in [0.29, 0.717) is 53.3 Å². The van der Waals surface area contributed by atoms with Crippen LogP contribution in [0.25, 0.3) is 0 Å². The van der Waals surface area contributed by atoms with E-state index in [4.69, 9.17) is 22.1 Å². The van der Waals surface area contributed by atoms with Gasteiger partial charge < -0.3 is 26.4 Å². The maximum atomic E-state index is 15.0. The number of nitrogens with two attached hydrogens (primary N) is 1. The zero-order valence-electron chi connectivity index (χ0n) is 23.6. The van der Waals surface area contributed by atoms with Gasteiger partial charge in [0.25, 0.3) is 0 Å². The van der Waals surface area contributed by atoms with Gasteiger partial charge in [-0.2, -0.15) is 0 Å². The summed E-state index contributed by atoms with van der Waals surface area (Å²) in [6.45, 7) is 6.65. The first-order chi connectivity index (χ1) is 19.8. The molecule has 2 unspecified atom stereocenters. The summed E-state index contributed by atoms with van der Waals surface area (Å²) in [5, 5.41) is 8.65. The van der Waals surface area contributed by atoms with Crippen LogP contribution < -0.4 is 26.4 Å². The van der Waals surface area contributed by atoms with Gasteiger partial charge in [0, 0.05) is 30.1 Å². The van der Waals surface area contributed by atoms with E-state index >= 15 is 0 Å². The molecule has 3 heterocycles. The number of carbonyl (C=O) groups is 3. The van der Waals surface area contributed by atoms with E-state index in [-0.39, 0.29) is 22.4 Å². The van der Waals surface area contributed by atoms with E-state index in [1.54, 1.807) is 18.2 Å². The van der Waals surface area contributed by atoms with E-state index in [9.17, 15) is 23.2 Å². The number of halogens is 3. The average molecular weight is 600 g/mol. The summed E-state index contributed by atoms with van der Waals surface area (Å²) < 4.78 is 33.7. The molecule has 0 bridgehead atoms. The fraction of sp³-hybridized carbons (Fsp3) is 0.333. The molecule has 0 aliphatic carbocycles. The number of aromatic nitrogens is 1. The summed E-state index contributed by atoms with van der Waals surface area (Å²) in [5.41, 5.74) is 5.85. The van der Waals surface area contributed by atoms with Gasteiger partial charge in [-0.25, -0.2) is 8.78 Å². The molecule has 5 N–H and O–H groups in total. The van der Waals surface area contributed by atoms with Gasteiger partial charge in [-0.15, -0.1) is 0 Å². The largest absolute Gasteiger partial charge is 0.495 e. The lowest BCUT2D eigenvalue weighted by molar-refractivity contribution is -0.122. The van der Waals surface area contributed by atoms with Crippen LogP contribution in [0.15, 0.2) is 48.7 Å². The molecule has 2 aliphatic rings. The van der Waals surface area contributed by atoms with Crippen molar-refractivity contribution in [2.45, 2.75) is 44.6 Å². The van der Waals surface area contributed by atoms with Crippen LogP contribution in [0.5, 0.6) is 5.75 Å². The van der Waals surface area contributed by atoms with Crippen molar-refractivity contribution in [3.63, 3.8) is 0 Å². The Balaban J connectivity index is 0.000000244.